The van der Waals surface area contributed by atoms with Gasteiger partial charge in [0.1, 0.15) is 5.39 Å². The Kier molecular flexibility index (Phi) is 3.50. The number of non-ortho nitro benzene ring substituents is 1. The number of nitro benzene ring substituents is 1. The molecule has 0 aliphatic carbocycles. The fourth-order valence-corrected chi connectivity index (χ4v) is 2.52. The summed E-state index contributed by atoms with van der Waals surface area (Å²) in [4.78, 5) is 10.8. The largest absolute Gasteiger partial charge is 0.283 e. The number of nitriles is 1. The number of hydrogen-bond acceptors (Lipinski definition) is 3. The molecule has 0 aliphatic rings. The Morgan fingerprint density at radius 1 is 1.14 bits per heavy atom. The molecule has 3 rings (SSSR count). The third kappa shape index (κ3) is 2.50. The molecule has 0 atom stereocenters. The van der Waals surface area contributed by atoms with E-state index in [1.54, 1.807) is 24.3 Å². The lowest BCUT2D eigenvalue weighted by Gasteiger charge is -2.02. The zero-order valence-electron chi connectivity index (χ0n) is 11.6. The Hall–Kier alpha value is -3.26. The Morgan fingerprint density at radius 2 is 1.95 bits per heavy atom. The van der Waals surface area contributed by atoms with Crippen LogP contribution in [0.25, 0.3) is 10.9 Å². The Balaban J connectivity index is 2.10. The van der Waals surface area contributed by atoms with Crippen LogP contribution in [-0.4, -0.2) is 4.92 Å². The van der Waals surface area contributed by atoms with Gasteiger partial charge in [-0.3, -0.25) is 10.1 Å². The van der Waals surface area contributed by atoms with Crippen LogP contribution in [0.5, 0.6) is 0 Å². The van der Waals surface area contributed by atoms with Crippen LogP contribution >= 0.6 is 0 Å². The van der Waals surface area contributed by atoms with Crippen molar-refractivity contribution in [3.05, 3.63) is 82.0 Å². The second-order valence-corrected chi connectivity index (χ2v) is 4.92. The predicted molar refractivity (Wildman–Crippen MR) is 81.1 cm³/mol. The maximum atomic E-state index is 11.1. The van der Waals surface area contributed by atoms with Crippen LogP contribution in [0.4, 0.5) is 5.69 Å². The molecule has 0 spiro atoms. The minimum atomic E-state index is -0.372. The lowest BCUT2D eigenvalue weighted by molar-refractivity contribution is -0.662. The standard InChI is InChI=1S/C17H12N3O2/c18-11-13-4-1-5-14(10-13)12-19-9-3-6-15-16(19)7-2-8-17(15)20(21)22/h1-10H,12H2/q+1. The molecule has 0 radical (unpaired) electrons. The quantitative estimate of drug-likeness (QED) is 0.423. The number of nitro groups is 1. The van der Waals surface area contributed by atoms with Crippen molar-refractivity contribution in [3.63, 3.8) is 0 Å². The lowest BCUT2D eigenvalue weighted by Crippen LogP contribution is -2.34. The van der Waals surface area contributed by atoms with Gasteiger partial charge in [-0.25, -0.2) is 0 Å². The molecule has 0 saturated carbocycles. The SMILES string of the molecule is N#Cc1cccc(C[n+]2cccc3c([N+](=O)[O-])cccc32)c1. The highest BCUT2D eigenvalue weighted by atomic mass is 16.6. The maximum Gasteiger partial charge on any atom is 0.283 e. The smallest absolute Gasteiger partial charge is 0.258 e. The van der Waals surface area contributed by atoms with Crippen molar-refractivity contribution in [2.75, 3.05) is 0 Å². The van der Waals surface area contributed by atoms with Gasteiger partial charge in [0.2, 0.25) is 5.52 Å². The van der Waals surface area contributed by atoms with Gasteiger partial charge >= 0.3 is 0 Å². The van der Waals surface area contributed by atoms with Gasteiger partial charge in [-0.2, -0.15) is 9.83 Å². The average molecular weight is 290 g/mol. The molecule has 5 nitrogen and oxygen atoms in total. The number of fused-ring (bicyclic) bond motifs is 1. The number of rotatable bonds is 3. The number of nitrogens with zero attached hydrogens (tertiary/aromatic N) is 3. The third-order valence-corrected chi connectivity index (χ3v) is 3.50. The fourth-order valence-electron chi connectivity index (χ4n) is 2.52. The zero-order chi connectivity index (χ0) is 15.5. The van der Waals surface area contributed by atoms with Crippen LogP contribution in [-0.2, 0) is 6.54 Å². The van der Waals surface area contributed by atoms with Gasteiger partial charge in [-0.05, 0) is 24.3 Å². The van der Waals surface area contributed by atoms with E-state index in [0.29, 0.717) is 17.5 Å². The van der Waals surface area contributed by atoms with E-state index in [1.165, 1.54) is 6.07 Å². The Labute approximate surface area is 126 Å². The molecule has 0 aliphatic heterocycles. The van der Waals surface area contributed by atoms with E-state index >= 15 is 0 Å². The number of hydrogen-bond donors (Lipinski definition) is 0. The van der Waals surface area contributed by atoms with Crippen molar-refractivity contribution < 1.29 is 9.49 Å². The number of benzene rings is 2. The summed E-state index contributed by atoms with van der Waals surface area (Å²) in [5.41, 5.74) is 2.46. The van der Waals surface area contributed by atoms with Gasteiger partial charge < -0.3 is 0 Å². The number of pyridine rings is 1. The summed E-state index contributed by atoms with van der Waals surface area (Å²) in [7, 11) is 0. The van der Waals surface area contributed by atoms with E-state index in [2.05, 4.69) is 6.07 Å². The summed E-state index contributed by atoms with van der Waals surface area (Å²) in [5, 5.41) is 20.7. The van der Waals surface area contributed by atoms with Crippen molar-refractivity contribution >= 4 is 16.6 Å². The molecule has 1 heterocycles. The van der Waals surface area contributed by atoms with E-state index in [9.17, 15) is 10.1 Å². The zero-order valence-corrected chi connectivity index (χ0v) is 11.6. The molecule has 106 valence electrons. The first-order valence-electron chi connectivity index (χ1n) is 6.73. The second-order valence-electron chi connectivity index (χ2n) is 4.92. The van der Waals surface area contributed by atoms with E-state index in [-0.39, 0.29) is 10.6 Å². The minimum Gasteiger partial charge on any atom is -0.258 e. The van der Waals surface area contributed by atoms with Crippen molar-refractivity contribution in [2.24, 2.45) is 0 Å². The highest BCUT2D eigenvalue weighted by molar-refractivity contribution is 5.85. The van der Waals surface area contributed by atoms with Gasteiger partial charge in [-0.15, -0.1) is 0 Å². The van der Waals surface area contributed by atoms with Crippen LogP contribution in [0.1, 0.15) is 11.1 Å². The summed E-state index contributed by atoms with van der Waals surface area (Å²) in [6, 6.07) is 18.0. The summed E-state index contributed by atoms with van der Waals surface area (Å²) in [6.45, 7) is 0.550. The van der Waals surface area contributed by atoms with E-state index in [1.807, 2.05) is 35.0 Å². The van der Waals surface area contributed by atoms with Gasteiger partial charge in [0, 0.05) is 23.8 Å². The first kappa shape index (κ1) is 13.7. The molecular formula is C17H12N3O2+. The van der Waals surface area contributed by atoms with E-state index < -0.39 is 0 Å². The molecule has 1 aromatic heterocycles. The minimum absolute atomic E-state index is 0.0950. The molecule has 5 heteroatoms. The Morgan fingerprint density at radius 3 is 2.73 bits per heavy atom. The molecule has 2 aromatic carbocycles. The Bertz CT molecular complexity index is 913. The lowest BCUT2D eigenvalue weighted by atomic mass is 10.1. The van der Waals surface area contributed by atoms with Crippen LogP contribution in [0, 0.1) is 21.4 Å². The molecule has 0 N–H and O–H groups in total. The van der Waals surface area contributed by atoms with Gasteiger partial charge in [0.25, 0.3) is 5.69 Å². The normalized spacial score (nSPS) is 10.3. The molecule has 0 saturated heterocycles. The molecule has 0 fully saturated rings. The molecule has 0 unspecified atom stereocenters. The molecule has 22 heavy (non-hydrogen) atoms. The van der Waals surface area contributed by atoms with Crippen molar-refractivity contribution in [2.45, 2.75) is 6.54 Å². The van der Waals surface area contributed by atoms with Gasteiger partial charge in [0.05, 0.1) is 16.6 Å². The third-order valence-electron chi connectivity index (χ3n) is 3.50. The molecule has 3 aromatic rings. The van der Waals surface area contributed by atoms with E-state index in [0.717, 1.165) is 11.1 Å². The summed E-state index contributed by atoms with van der Waals surface area (Å²) in [6.07, 6.45) is 1.88. The van der Waals surface area contributed by atoms with Crippen LogP contribution in [0.3, 0.4) is 0 Å². The van der Waals surface area contributed by atoms with Crippen LogP contribution < -0.4 is 4.57 Å². The maximum absolute atomic E-state index is 11.1. The fraction of sp³-hybridized carbons (Fsp3) is 0.0588. The molecule has 0 bridgehead atoms. The first-order chi connectivity index (χ1) is 10.7. The van der Waals surface area contributed by atoms with Gasteiger partial charge in [0.15, 0.2) is 12.7 Å². The second kappa shape index (κ2) is 5.62. The van der Waals surface area contributed by atoms with E-state index in [4.69, 9.17) is 5.26 Å². The summed E-state index contributed by atoms with van der Waals surface area (Å²) in [5.74, 6) is 0. The monoisotopic (exact) mass is 290 g/mol. The molecule has 0 amide bonds. The average Bonchev–Trinajstić information content (AvgIpc) is 2.54. The van der Waals surface area contributed by atoms with Crippen molar-refractivity contribution in [3.8, 4) is 6.07 Å². The van der Waals surface area contributed by atoms with Crippen LogP contribution in [0.15, 0.2) is 60.8 Å². The van der Waals surface area contributed by atoms with Crippen LogP contribution in [0.2, 0.25) is 0 Å². The predicted octanol–water partition coefficient (Wildman–Crippen LogP) is 2.96. The highest BCUT2D eigenvalue weighted by Crippen LogP contribution is 2.22. The summed E-state index contributed by atoms with van der Waals surface area (Å²) < 4.78 is 1.94. The van der Waals surface area contributed by atoms with Gasteiger partial charge in [-0.1, -0.05) is 12.1 Å². The summed E-state index contributed by atoms with van der Waals surface area (Å²) >= 11 is 0. The molecular weight excluding hydrogens is 278 g/mol. The van der Waals surface area contributed by atoms with Crippen molar-refractivity contribution in [1.29, 1.82) is 5.26 Å². The highest BCUT2D eigenvalue weighted by Gasteiger charge is 2.17. The first-order valence-corrected chi connectivity index (χ1v) is 6.73. The van der Waals surface area contributed by atoms with Crippen molar-refractivity contribution in [1.82, 2.24) is 0 Å². The number of aromatic nitrogens is 1. The topological polar surface area (TPSA) is 70.8 Å².